The molecule has 0 aromatic heterocycles. The van der Waals surface area contributed by atoms with Gasteiger partial charge in [-0.3, -0.25) is 4.79 Å². The van der Waals surface area contributed by atoms with Gasteiger partial charge >= 0.3 is 5.97 Å². The Labute approximate surface area is 115 Å². The van der Waals surface area contributed by atoms with Gasteiger partial charge in [0, 0.05) is 12.5 Å². The molecule has 0 unspecified atom stereocenters. The summed E-state index contributed by atoms with van der Waals surface area (Å²) in [6.07, 6.45) is 0. The molecule has 1 rings (SSSR count). The third kappa shape index (κ3) is 4.93. The van der Waals surface area contributed by atoms with E-state index in [9.17, 15) is 4.79 Å². The lowest BCUT2D eigenvalue weighted by Gasteiger charge is -2.26. The summed E-state index contributed by atoms with van der Waals surface area (Å²) in [7, 11) is 0. The number of hydrogen-bond donors (Lipinski definition) is 0. The molecule has 106 valence electrons. The van der Waals surface area contributed by atoms with E-state index in [4.69, 9.17) is 9.47 Å². The van der Waals surface area contributed by atoms with Gasteiger partial charge in [-0.05, 0) is 44.4 Å². The first-order valence-corrected chi connectivity index (χ1v) is 6.51. The maximum atomic E-state index is 11.2. The SMILES string of the molecule is CC(=O)Oc1ccc(OC(C)(C)C)cc1C(C)(C)C. The van der Waals surface area contributed by atoms with Gasteiger partial charge in [-0.15, -0.1) is 0 Å². The van der Waals surface area contributed by atoms with Gasteiger partial charge in [0.15, 0.2) is 0 Å². The summed E-state index contributed by atoms with van der Waals surface area (Å²) in [5.74, 6) is 1.07. The second kappa shape index (κ2) is 5.24. The van der Waals surface area contributed by atoms with E-state index in [1.165, 1.54) is 6.92 Å². The van der Waals surface area contributed by atoms with Crippen LogP contribution in [0.25, 0.3) is 0 Å². The number of rotatable bonds is 2. The zero-order valence-electron chi connectivity index (χ0n) is 13.0. The highest BCUT2D eigenvalue weighted by atomic mass is 16.5. The average Bonchev–Trinajstić information content (AvgIpc) is 2.15. The topological polar surface area (TPSA) is 35.5 Å². The number of carbonyl (C=O) groups is 1. The minimum atomic E-state index is -0.310. The van der Waals surface area contributed by atoms with Crippen LogP contribution in [0.4, 0.5) is 0 Å². The molecule has 0 fully saturated rings. The Hall–Kier alpha value is -1.51. The molecule has 1 aromatic rings. The highest BCUT2D eigenvalue weighted by molar-refractivity contribution is 5.70. The fraction of sp³-hybridized carbons (Fsp3) is 0.562. The molecule has 1 aromatic carbocycles. The van der Waals surface area contributed by atoms with E-state index in [0.717, 1.165) is 11.3 Å². The molecule has 19 heavy (non-hydrogen) atoms. The number of ether oxygens (including phenoxy) is 2. The standard InChI is InChI=1S/C16H24O3/c1-11(17)18-14-9-8-12(19-16(5,6)7)10-13(14)15(2,3)4/h8-10H,1-7H3. The predicted molar refractivity (Wildman–Crippen MR) is 76.8 cm³/mol. The first kappa shape index (κ1) is 15.5. The Balaban J connectivity index is 3.19. The molecular weight excluding hydrogens is 240 g/mol. The predicted octanol–water partition coefficient (Wildman–Crippen LogP) is 4.09. The molecule has 0 aliphatic heterocycles. The fourth-order valence-corrected chi connectivity index (χ4v) is 1.76. The second-order valence-corrected chi connectivity index (χ2v) is 6.72. The molecule has 0 atom stereocenters. The maximum absolute atomic E-state index is 11.2. The summed E-state index contributed by atoms with van der Waals surface area (Å²) in [5, 5.41) is 0. The largest absolute Gasteiger partial charge is 0.488 e. The van der Waals surface area contributed by atoms with Gasteiger partial charge in [0.25, 0.3) is 0 Å². The number of carbonyl (C=O) groups excluding carboxylic acids is 1. The van der Waals surface area contributed by atoms with Crippen molar-refractivity contribution in [3.05, 3.63) is 23.8 Å². The second-order valence-electron chi connectivity index (χ2n) is 6.72. The van der Waals surface area contributed by atoms with Crippen molar-refractivity contribution in [1.29, 1.82) is 0 Å². The summed E-state index contributed by atoms with van der Waals surface area (Å²) >= 11 is 0. The molecule has 0 heterocycles. The maximum Gasteiger partial charge on any atom is 0.308 e. The van der Waals surface area contributed by atoms with Crippen LogP contribution in [0, 0.1) is 0 Å². The van der Waals surface area contributed by atoms with Crippen LogP contribution in [0.15, 0.2) is 18.2 Å². The minimum Gasteiger partial charge on any atom is -0.488 e. The number of esters is 1. The van der Waals surface area contributed by atoms with Crippen LogP contribution in [-0.4, -0.2) is 11.6 Å². The van der Waals surface area contributed by atoms with Gasteiger partial charge in [0.2, 0.25) is 0 Å². The molecule has 3 heteroatoms. The molecular formula is C16H24O3. The molecule has 0 saturated carbocycles. The van der Waals surface area contributed by atoms with Crippen LogP contribution in [-0.2, 0) is 10.2 Å². The van der Waals surface area contributed by atoms with Gasteiger partial charge in [0.1, 0.15) is 17.1 Å². The summed E-state index contributed by atoms with van der Waals surface area (Å²) in [6.45, 7) is 13.7. The van der Waals surface area contributed by atoms with Crippen LogP contribution in [0.5, 0.6) is 11.5 Å². The lowest BCUT2D eigenvalue weighted by atomic mass is 9.86. The van der Waals surface area contributed by atoms with Crippen LogP contribution in [0.1, 0.15) is 54.0 Å². The van der Waals surface area contributed by atoms with E-state index in [2.05, 4.69) is 20.8 Å². The smallest absolute Gasteiger partial charge is 0.308 e. The summed E-state index contributed by atoms with van der Waals surface area (Å²) < 4.78 is 11.1. The van der Waals surface area contributed by atoms with Crippen LogP contribution < -0.4 is 9.47 Å². The summed E-state index contributed by atoms with van der Waals surface area (Å²) in [5.41, 5.74) is 0.588. The van der Waals surface area contributed by atoms with Crippen molar-refractivity contribution in [3.8, 4) is 11.5 Å². The van der Waals surface area contributed by atoms with E-state index in [1.54, 1.807) is 6.07 Å². The van der Waals surface area contributed by atoms with Crippen molar-refractivity contribution in [2.75, 3.05) is 0 Å². The molecule has 0 aliphatic rings. The van der Waals surface area contributed by atoms with E-state index < -0.39 is 0 Å². The fourth-order valence-electron chi connectivity index (χ4n) is 1.76. The molecule has 0 N–H and O–H groups in total. The van der Waals surface area contributed by atoms with Gasteiger partial charge in [-0.2, -0.15) is 0 Å². The molecule has 0 saturated heterocycles. The molecule has 0 spiro atoms. The lowest BCUT2D eigenvalue weighted by Crippen LogP contribution is -2.23. The van der Waals surface area contributed by atoms with E-state index >= 15 is 0 Å². The van der Waals surface area contributed by atoms with Crippen molar-refractivity contribution in [2.24, 2.45) is 0 Å². The summed E-state index contributed by atoms with van der Waals surface area (Å²) in [6, 6.07) is 5.57. The third-order valence-corrected chi connectivity index (χ3v) is 2.44. The van der Waals surface area contributed by atoms with E-state index in [-0.39, 0.29) is 17.0 Å². The monoisotopic (exact) mass is 264 g/mol. The highest BCUT2D eigenvalue weighted by Gasteiger charge is 2.22. The van der Waals surface area contributed by atoms with Crippen LogP contribution >= 0.6 is 0 Å². The van der Waals surface area contributed by atoms with Crippen molar-refractivity contribution >= 4 is 5.97 Å². The molecule has 3 nitrogen and oxygen atoms in total. The highest BCUT2D eigenvalue weighted by Crippen LogP contribution is 2.35. The van der Waals surface area contributed by atoms with Crippen molar-refractivity contribution in [1.82, 2.24) is 0 Å². The van der Waals surface area contributed by atoms with E-state index in [0.29, 0.717) is 5.75 Å². The molecule has 0 amide bonds. The van der Waals surface area contributed by atoms with Crippen LogP contribution in [0.2, 0.25) is 0 Å². The van der Waals surface area contributed by atoms with Crippen molar-refractivity contribution in [2.45, 2.75) is 59.5 Å². The Morgan fingerprint density at radius 2 is 1.63 bits per heavy atom. The van der Waals surface area contributed by atoms with Crippen LogP contribution in [0.3, 0.4) is 0 Å². The normalized spacial score (nSPS) is 12.2. The Morgan fingerprint density at radius 3 is 2.05 bits per heavy atom. The zero-order valence-corrected chi connectivity index (χ0v) is 13.0. The first-order valence-electron chi connectivity index (χ1n) is 6.51. The van der Waals surface area contributed by atoms with Gasteiger partial charge in [0.05, 0.1) is 0 Å². The van der Waals surface area contributed by atoms with Crippen molar-refractivity contribution < 1.29 is 14.3 Å². The number of hydrogen-bond acceptors (Lipinski definition) is 3. The van der Waals surface area contributed by atoms with Gasteiger partial charge < -0.3 is 9.47 Å². The first-order chi connectivity index (χ1) is 8.49. The van der Waals surface area contributed by atoms with Gasteiger partial charge in [-0.25, -0.2) is 0 Å². The average molecular weight is 264 g/mol. The van der Waals surface area contributed by atoms with E-state index in [1.807, 2.05) is 32.9 Å². The Morgan fingerprint density at radius 1 is 1.05 bits per heavy atom. The lowest BCUT2D eigenvalue weighted by molar-refractivity contribution is -0.131. The third-order valence-electron chi connectivity index (χ3n) is 2.44. The summed E-state index contributed by atoms with van der Waals surface area (Å²) in [4.78, 5) is 11.2. The van der Waals surface area contributed by atoms with Gasteiger partial charge in [-0.1, -0.05) is 20.8 Å². The number of benzene rings is 1. The molecule has 0 aliphatic carbocycles. The quantitative estimate of drug-likeness (QED) is 0.596. The Kier molecular flexibility index (Phi) is 4.28. The molecule has 0 bridgehead atoms. The van der Waals surface area contributed by atoms with Crippen molar-refractivity contribution in [3.63, 3.8) is 0 Å². The zero-order chi connectivity index (χ0) is 14.8. The Bertz CT molecular complexity index is 462. The molecule has 0 radical (unpaired) electrons. The minimum absolute atomic E-state index is 0.123.